The molecule has 0 amide bonds. The summed E-state index contributed by atoms with van der Waals surface area (Å²) in [5.74, 6) is 1.24. The van der Waals surface area contributed by atoms with Crippen molar-refractivity contribution >= 4 is 0 Å². The van der Waals surface area contributed by atoms with Gasteiger partial charge in [0, 0.05) is 11.8 Å². The van der Waals surface area contributed by atoms with Crippen LogP contribution in [0.25, 0.3) is 11.3 Å². The number of aromatic nitrogens is 1. The summed E-state index contributed by atoms with van der Waals surface area (Å²) in [5, 5.41) is 0. The first-order valence-corrected chi connectivity index (χ1v) is 7.11. The van der Waals surface area contributed by atoms with E-state index in [0.717, 1.165) is 12.1 Å². The lowest BCUT2D eigenvalue weighted by Gasteiger charge is -2.08. The van der Waals surface area contributed by atoms with Crippen LogP contribution in [-0.2, 0) is 6.42 Å². The normalized spacial score (nSPS) is 11.3. The number of hydrogen-bond donors (Lipinski definition) is 0. The van der Waals surface area contributed by atoms with E-state index in [1.807, 2.05) is 6.20 Å². The molecular formula is C18H23N. The van der Waals surface area contributed by atoms with Crippen LogP contribution in [0.3, 0.4) is 0 Å². The average molecular weight is 253 g/mol. The Bertz CT molecular complexity index is 506. The molecule has 1 aromatic heterocycles. The van der Waals surface area contributed by atoms with Gasteiger partial charge < -0.3 is 0 Å². The summed E-state index contributed by atoms with van der Waals surface area (Å²) in [6.07, 6.45) is 3.13. The van der Waals surface area contributed by atoms with E-state index in [4.69, 9.17) is 0 Å². The van der Waals surface area contributed by atoms with E-state index in [0.29, 0.717) is 11.8 Å². The van der Waals surface area contributed by atoms with Crippen molar-refractivity contribution in [1.82, 2.24) is 4.98 Å². The fourth-order valence-corrected chi connectivity index (χ4v) is 2.20. The minimum atomic E-state index is 0.537. The molecule has 0 bridgehead atoms. The molecule has 0 aliphatic carbocycles. The van der Waals surface area contributed by atoms with Gasteiger partial charge in [-0.2, -0.15) is 0 Å². The van der Waals surface area contributed by atoms with Crippen LogP contribution in [0.2, 0.25) is 0 Å². The van der Waals surface area contributed by atoms with Crippen molar-refractivity contribution < 1.29 is 0 Å². The van der Waals surface area contributed by atoms with Gasteiger partial charge in [0.2, 0.25) is 0 Å². The zero-order valence-electron chi connectivity index (χ0n) is 12.4. The Hall–Kier alpha value is -1.63. The molecule has 2 aromatic rings. The van der Waals surface area contributed by atoms with Crippen LogP contribution in [0.4, 0.5) is 0 Å². The van der Waals surface area contributed by atoms with E-state index >= 15 is 0 Å². The van der Waals surface area contributed by atoms with E-state index in [1.165, 1.54) is 16.7 Å². The average Bonchev–Trinajstić information content (AvgIpc) is 2.39. The molecule has 0 aliphatic rings. The van der Waals surface area contributed by atoms with Crippen molar-refractivity contribution in [2.45, 2.75) is 40.0 Å². The summed E-state index contributed by atoms with van der Waals surface area (Å²) in [6, 6.07) is 13.1. The molecule has 0 N–H and O–H groups in total. The highest BCUT2D eigenvalue weighted by Crippen LogP contribution is 2.21. The lowest BCUT2D eigenvalue weighted by atomic mass is 10.00. The van der Waals surface area contributed by atoms with Gasteiger partial charge in [0.25, 0.3) is 0 Å². The molecule has 1 heteroatoms. The number of benzene rings is 1. The number of rotatable bonds is 4. The Morgan fingerprint density at radius 3 is 2.05 bits per heavy atom. The maximum Gasteiger partial charge on any atom is 0.0702 e. The SMILES string of the molecule is CC(C)Cc1ccc(-c2ccc(C(C)C)cn2)cc1. The first-order valence-electron chi connectivity index (χ1n) is 7.11. The van der Waals surface area contributed by atoms with Crippen LogP contribution in [0, 0.1) is 5.92 Å². The molecule has 1 nitrogen and oxygen atoms in total. The molecule has 0 unspecified atom stereocenters. The molecule has 0 spiro atoms. The van der Waals surface area contributed by atoms with Gasteiger partial charge in [-0.05, 0) is 35.4 Å². The number of pyridine rings is 1. The molecule has 0 atom stereocenters. The molecule has 0 saturated heterocycles. The first-order chi connectivity index (χ1) is 9.06. The number of nitrogens with zero attached hydrogens (tertiary/aromatic N) is 1. The van der Waals surface area contributed by atoms with Crippen LogP contribution in [0.1, 0.15) is 44.7 Å². The highest BCUT2D eigenvalue weighted by atomic mass is 14.7. The van der Waals surface area contributed by atoms with Gasteiger partial charge in [0.05, 0.1) is 5.69 Å². The lowest BCUT2D eigenvalue weighted by Crippen LogP contribution is -1.94. The minimum absolute atomic E-state index is 0.537. The molecule has 0 aliphatic heterocycles. The van der Waals surface area contributed by atoms with Crippen LogP contribution in [0.15, 0.2) is 42.6 Å². The Labute approximate surface area is 116 Å². The van der Waals surface area contributed by atoms with E-state index < -0.39 is 0 Å². The second-order valence-corrected chi connectivity index (χ2v) is 5.93. The van der Waals surface area contributed by atoms with Crippen molar-refractivity contribution in [2.24, 2.45) is 5.92 Å². The third kappa shape index (κ3) is 3.66. The zero-order chi connectivity index (χ0) is 13.8. The second-order valence-electron chi connectivity index (χ2n) is 5.93. The van der Waals surface area contributed by atoms with Crippen molar-refractivity contribution in [3.05, 3.63) is 53.7 Å². The first kappa shape index (κ1) is 13.8. The Balaban J connectivity index is 2.17. The maximum absolute atomic E-state index is 4.56. The van der Waals surface area contributed by atoms with Gasteiger partial charge in [-0.25, -0.2) is 0 Å². The zero-order valence-corrected chi connectivity index (χ0v) is 12.4. The number of hydrogen-bond acceptors (Lipinski definition) is 1. The summed E-state index contributed by atoms with van der Waals surface area (Å²) in [5.41, 5.74) is 4.95. The summed E-state index contributed by atoms with van der Waals surface area (Å²) >= 11 is 0. The van der Waals surface area contributed by atoms with E-state index in [1.54, 1.807) is 0 Å². The highest BCUT2D eigenvalue weighted by molar-refractivity contribution is 5.59. The standard InChI is InChI=1S/C18H23N/c1-13(2)11-15-5-7-16(8-6-15)18-10-9-17(12-19-18)14(3)4/h5-10,12-14H,11H2,1-4H3. The van der Waals surface area contributed by atoms with Crippen LogP contribution < -0.4 is 0 Å². The molecule has 0 radical (unpaired) electrons. The topological polar surface area (TPSA) is 12.9 Å². The summed E-state index contributed by atoms with van der Waals surface area (Å²) in [6.45, 7) is 8.88. The van der Waals surface area contributed by atoms with Crippen molar-refractivity contribution in [2.75, 3.05) is 0 Å². The fraction of sp³-hybridized carbons (Fsp3) is 0.389. The third-order valence-corrected chi connectivity index (χ3v) is 3.35. The van der Waals surface area contributed by atoms with Gasteiger partial charge in [0.1, 0.15) is 0 Å². The molecule has 0 saturated carbocycles. The molecule has 0 fully saturated rings. The van der Waals surface area contributed by atoms with E-state index in [-0.39, 0.29) is 0 Å². The summed E-state index contributed by atoms with van der Waals surface area (Å²) < 4.78 is 0. The molecule has 100 valence electrons. The van der Waals surface area contributed by atoms with Crippen LogP contribution in [0.5, 0.6) is 0 Å². The Morgan fingerprint density at radius 1 is 0.895 bits per heavy atom. The Kier molecular flexibility index (Phi) is 4.36. The third-order valence-electron chi connectivity index (χ3n) is 3.35. The quantitative estimate of drug-likeness (QED) is 0.741. The summed E-state index contributed by atoms with van der Waals surface area (Å²) in [4.78, 5) is 4.56. The largest absolute Gasteiger partial charge is 0.256 e. The molecule has 1 heterocycles. The van der Waals surface area contributed by atoms with Gasteiger partial charge in [-0.15, -0.1) is 0 Å². The van der Waals surface area contributed by atoms with Crippen molar-refractivity contribution in [3.63, 3.8) is 0 Å². The van der Waals surface area contributed by atoms with E-state index in [9.17, 15) is 0 Å². The Morgan fingerprint density at radius 2 is 1.58 bits per heavy atom. The second kappa shape index (κ2) is 6.01. The molecule has 19 heavy (non-hydrogen) atoms. The minimum Gasteiger partial charge on any atom is -0.256 e. The molecular weight excluding hydrogens is 230 g/mol. The van der Waals surface area contributed by atoms with Crippen molar-refractivity contribution in [1.29, 1.82) is 0 Å². The van der Waals surface area contributed by atoms with Crippen LogP contribution >= 0.6 is 0 Å². The lowest BCUT2D eigenvalue weighted by molar-refractivity contribution is 0.647. The molecule has 2 rings (SSSR count). The predicted octanol–water partition coefficient (Wildman–Crippen LogP) is 5.07. The highest BCUT2D eigenvalue weighted by Gasteiger charge is 2.03. The summed E-state index contributed by atoms with van der Waals surface area (Å²) in [7, 11) is 0. The predicted molar refractivity (Wildman–Crippen MR) is 82.3 cm³/mol. The smallest absolute Gasteiger partial charge is 0.0702 e. The fourth-order valence-electron chi connectivity index (χ4n) is 2.20. The van der Waals surface area contributed by atoms with Crippen LogP contribution in [-0.4, -0.2) is 4.98 Å². The van der Waals surface area contributed by atoms with Crippen molar-refractivity contribution in [3.8, 4) is 11.3 Å². The molecule has 1 aromatic carbocycles. The monoisotopic (exact) mass is 253 g/mol. The van der Waals surface area contributed by atoms with Gasteiger partial charge in [0.15, 0.2) is 0 Å². The maximum atomic E-state index is 4.56. The van der Waals surface area contributed by atoms with Gasteiger partial charge >= 0.3 is 0 Å². The van der Waals surface area contributed by atoms with Gasteiger partial charge in [-0.1, -0.05) is 58.0 Å². The van der Waals surface area contributed by atoms with E-state index in [2.05, 4.69) is 69.1 Å². The van der Waals surface area contributed by atoms with Gasteiger partial charge in [-0.3, -0.25) is 4.98 Å².